The Balaban J connectivity index is 0.000000324. The first kappa shape index (κ1) is 17.4. The van der Waals surface area contributed by atoms with Crippen molar-refractivity contribution in [3.05, 3.63) is 0 Å². The minimum atomic E-state index is -0.944. The summed E-state index contributed by atoms with van der Waals surface area (Å²) in [6.45, 7) is 0. The first-order chi connectivity index (χ1) is 8.40. The Morgan fingerprint density at radius 1 is 0.895 bits per heavy atom. The molecule has 2 aliphatic heterocycles. The summed E-state index contributed by atoms with van der Waals surface area (Å²) >= 11 is 0. The molecule has 107 valence electrons. The molecule has 9 heteroatoms. The van der Waals surface area contributed by atoms with E-state index in [0.29, 0.717) is 25.7 Å². The Kier molecular flexibility index (Phi) is 7.10. The van der Waals surface area contributed by atoms with Crippen LogP contribution in [0.5, 0.6) is 0 Å². The van der Waals surface area contributed by atoms with Crippen LogP contribution in [0, 0.1) is 0 Å². The molecule has 19 heavy (non-hydrogen) atoms. The predicted molar refractivity (Wildman–Crippen MR) is 57.6 cm³/mol. The Labute approximate surface area is 119 Å². The number of nitrogens with one attached hydrogen (secondary N) is 2. The maximum atomic E-state index is 10.4. The molecule has 0 bridgehead atoms. The smallest absolute Gasteiger partial charge is 0.326 e. The summed E-state index contributed by atoms with van der Waals surface area (Å²) in [7, 11) is 0. The first-order valence-corrected chi connectivity index (χ1v) is 5.44. The molecule has 0 unspecified atom stereocenters. The SMILES string of the molecule is O=C1CC[C@@H](C(=O)O)N1.O=C1CC[C@@H](C(=O)O)N1.[Mn]. The molecule has 1 radical (unpaired) electrons. The van der Waals surface area contributed by atoms with Crippen molar-refractivity contribution >= 4 is 23.8 Å². The maximum absolute atomic E-state index is 10.4. The Bertz CT molecular complexity index is 350. The van der Waals surface area contributed by atoms with E-state index < -0.39 is 24.0 Å². The van der Waals surface area contributed by atoms with Crippen molar-refractivity contribution in [2.24, 2.45) is 0 Å². The molecule has 0 saturated carbocycles. The number of carbonyl (C=O) groups is 4. The van der Waals surface area contributed by atoms with Gasteiger partial charge in [0.25, 0.3) is 0 Å². The summed E-state index contributed by atoms with van der Waals surface area (Å²) in [6.07, 6.45) is 1.54. The molecule has 0 aliphatic carbocycles. The van der Waals surface area contributed by atoms with E-state index in [1.807, 2.05) is 0 Å². The molecule has 4 N–H and O–H groups in total. The number of carboxylic acid groups (broad SMARTS) is 2. The van der Waals surface area contributed by atoms with E-state index in [1.54, 1.807) is 0 Å². The maximum Gasteiger partial charge on any atom is 0.326 e. The molecule has 0 aromatic heterocycles. The number of rotatable bonds is 2. The van der Waals surface area contributed by atoms with Gasteiger partial charge in [0.1, 0.15) is 12.1 Å². The summed E-state index contributed by atoms with van der Waals surface area (Å²) in [4.78, 5) is 41.0. The normalized spacial score (nSPS) is 24.4. The van der Waals surface area contributed by atoms with Crippen LogP contribution < -0.4 is 10.6 Å². The summed E-state index contributed by atoms with van der Waals surface area (Å²) in [5.74, 6) is -2.22. The van der Waals surface area contributed by atoms with Gasteiger partial charge in [-0.25, -0.2) is 9.59 Å². The van der Waals surface area contributed by atoms with Gasteiger partial charge in [-0.2, -0.15) is 0 Å². The molecule has 0 aromatic carbocycles. The molecule has 0 aromatic rings. The number of carboxylic acids is 2. The van der Waals surface area contributed by atoms with Crippen molar-refractivity contribution in [2.45, 2.75) is 37.8 Å². The quantitative estimate of drug-likeness (QED) is 0.468. The molecule has 2 heterocycles. The van der Waals surface area contributed by atoms with Crippen molar-refractivity contribution in [1.82, 2.24) is 10.6 Å². The van der Waals surface area contributed by atoms with Crippen molar-refractivity contribution in [1.29, 1.82) is 0 Å². The van der Waals surface area contributed by atoms with Crippen molar-refractivity contribution in [3.63, 3.8) is 0 Å². The number of aliphatic carboxylic acids is 2. The van der Waals surface area contributed by atoms with E-state index in [9.17, 15) is 19.2 Å². The fourth-order valence-corrected chi connectivity index (χ4v) is 1.60. The van der Waals surface area contributed by atoms with E-state index in [4.69, 9.17) is 10.2 Å². The molecule has 0 spiro atoms. The molecule has 2 atom stereocenters. The van der Waals surface area contributed by atoms with E-state index in [0.717, 1.165) is 0 Å². The van der Waals surface area contributed by atoms with E-state index in [-0.39, 0.29) is 28.9 Å². The van der Waals surface area contributed by atoms with Crippen LogP contribution in [0.1, 0.15) is 25.7 Å². The van der Waals surface area contributed by atoms with Crippen molar-refractivity contribution in [2.75, 3.05) is 0 Å². The zero-order valence-electron chi connectivity index (χ0n) is 9.89. The van der Waals surface area contributed by atoms with Crippen LogP contribution >= 0.6 is 0 Å². The summed E-state index contributed by atoms with van der Waals surface area (Å²) in [6, 6.07) is -1.28. The van der Waals surface area contributed by atoms with Gasteiger partial charge < -0.3 is 20.8 Å². The first-order valence-electron chi connectivity index (χ1n) is 5.44. The molecule has 2 aliphatic rings. The average molecular weight is 313 g/mol. The zero-order chi connectivity index (χ0) is 13.7. The number of hydrogen-bond donors (Lipinski definition) is 4. The number of amides is 2. The Morgan fingerprint density at radius 2 is 1.21 bits per heavy atom. The second kappa shape index (κ2) is 7.75. The van der Waals surface area contributed by atoms with Crippen LogP contribution in [0.4, 0.5) is 0 Å². The Morgan fingerprint density at radius 3 is 1.32 bits per heavy atom. The summed E-state index contributed by atoms with van der Waals surface area (Å²) in [5, 5.41) is 21.3. The topological polar surface area (TPSA) is 133 Å². The third kappa shape index (κ3) is 5.71. The second-order valence-corrected chi connectivity index (χ2v) is 3.99. The minimum absolute atomic E-state index is 0. The third-order valence-corrected chi connectivity index (χ3v) is 2.59. The van der Waals surface area contributed by atoms with Crippen molar-refractivity contribution < 1.29 is 46.5 Å². The van der Waals surface area contributed by atoms with Crippen LogP contribution in [0.2, 0.25) is 0 Å². The molecule has 2 saturated heterocycles. The van der Waals surface area contributed by atoms with Crippen LogP contribution in [0.3, 0.4) is 0 Å². The second-order valence-electron chi connectivity index (χ2n) is 3.99. The van der Waals surface area contributed by atoms with Crippen molar-refractivity contribution in [3.8, 4) is 0 Å². The third-order valence-electron chi connectivity index (χ3n) is 2.59. The van der Waals surface area contributed by atoms with E-state index >= 15 is 0 Å². The molecule has 8 nitrogen and oxygen atoms in total. The van der Waals surface area contributed by atoms with Gasteiger partial charge in [-0.05, 0) is 12.8 Å². The summed E-state index contributed by atoms with van der Waals surface area (Å²) < 4.78 is 0. The monoisotopic (exact) mass is 313 g/mol. The van der Waals surface area contributed by atoms with Gasteiger partial charge in [0.2, 0.25) is 11.8 Å². The standard InChI is InChI=1S/2C5H7NO3.Mn/c2*7-4-2-1-3(6-4)5(8)9;/h2*3H,1-2H2,(H,6,7)(H,8,9);/t2*3-;/m00./s1. The Hall–Kier alpha value is -1.60. The predicted octanol–water partition coefficient (Wildman–Crippen LogP) is -1.30. The summed E-state index contributed by atoms with van der Waals surface area (Å²) in [5.41, 5.74) is 0. The molecule has 2 fully saturated rings. The minimum Gasteiger partial charge on any atom is -0.480 e. The average Bonchev–Trinajstić information content (AvgIpc) is 2.88. The van der Waals surface area contributed by atoms with Gasteiger partial charge in [0, 0.05) is 29.9 Å². The molecule has 2 rings (SSSR count). The van der Waals surface area contributed by atoms with E-state index in [2.05, 4.69) is 10.6 Å². The molecular formula is C10H14MnN2O6. The van der Waals surface area contributed by atoms with Gasteiger partial charge in [-0.1, -0.05) is 0 Å². The van der Waals surface area contributed by atoms with Gasteiger partial charge in [0.05, 0.1) is 0 Å². The van der Waals surface area contributed by atoms with Gasteiger partial charge >= 0.3 is 11.9 Å². The van der Waals surface area contributed by atoms with E-state index in [1.165, 1.54) is 0 Å². The van der Waals surface area contributed by atoms with Crippen LogP contribution in [-0.4, -0.2) is 46.0 Å². The molecule has 2 amide bonds. The van der Waals surface area contributed by atoms with Gasteiger partial charge in [-0.15, -0.1) is 0 Å². The van der Waals surface area contributed by atoms with Crippen LogP contribution in [0.15, 0.2) is 0 Å². The molecular weight excluding hydrogens is 299 g/mol. The van der Waals surface area contributed by atoms with Crippen LogP contribution in [-0.2, 0) is 36.2 Å². The number of carbonyl (C=O) groups excluding carboxylic acids is 2. The van der Waals surface area contributed by atoms with Gasteiger partial charge in [-0.3, -0.25) is 9.59 Å². The largest absolute Gasteiger partial charge is 0.480 e. The zero-order valence-corrected chi connectivity index (χ0v) is 11.1. The van der Waals surface area contributed by atoms with Crippen LogP contribution in [0.25, 0.3) is 0 Å². The fourth-order valence-electron chi connectivity index (χ4n) is 1.60. The van der Waals surface area contributed by atoms with Gasteiger partial charge in [0.15, 0.2) is 0 Å². The number of hydrogen-bond acceptors (Lipinski definition) is 4. The fraction of sp³-hybridized carbons (Fsp3) is 0.600.